The molecule has 0 unspecified atom stereocenters. The minimum absolute atomic E-state index is 0.723. The maximum atomic E-state index is 5.11. The summed E-state index contributed by atoms with van der Waals surface area (Å²) < 4.78 is 5.11. The molecule has 0 radical (unpaired) electrons. The summed E-state index contributed by atoms with van der Waals surface area (Å²) >= 11 is 1.76. The molecule has 1 aromatic carbocycles. The highest BCUT2D eigenvalue weighted by atomic mass is 32.1. The number of ether oxygens (including phenoxy) is 1. The Morgan fingerprint density at radius 2 is 2.06 bits per heavy atom. The Morgan fingerprint density at radius 1 is 1.28 bits per heavy atom. The summed E-state index contributed by atoms with van der Waals surface area (Å²) in [5, 5.41) is 4.32. The van der Waals surface area contributed by atoms with Crippen molar-refractivity contribution in [3.8, 4) is 10.4 Å². The van der Waals surface area contributed by atoms with Crippen LogP contribution in [0.2, 0.25) is 0 Å². The number of methoxy groups -OCH3 is 1. The summed E-state index contributed by atoms with van der Waals surface area (Å²) in [5.74, 6) is 0. The largest absolute Gasteiger partial charge is 0.384 e. The number of rotatable bonds is 6. The zero-order valence-corrected chi connectivity index (χ0v) is 11.6. The van der Waals surface area contributed by atoms with Crippen LogP contribution in [-0.4, -0.2) is 25.7 Å². The van der Waals surface area contributed by atoms with Gasteiger partial charge in [0, 0.05) is 20.1 Å². The standard InChI is InChI=1S/C14H18N2OS/c1-15-10-12-14(11-6-4-3-5-7-11)18-13(16-12)8-9-17-2/h3-7,15H,8-10H2,1-2H3. The maximum Gasteiger partial charge on any atom is 0.0958 e. The van der Waals surface area contributed by atoms with Crippen molar-refractivity contribution in [2.75, 3.05) is 20.8 Å². The number of nitrogens with zero attached hydrogens (tertiary/aromatic N) is 1. The monoisotopic (exact) mass is 262 g/mol. The summed E-state index contributed by atoms with van der Waals surface area (Å²) in [5.41, 5.74) is 2.36. The predicted molar refractivity (Wildman–Crippen MR) is 75.9 cm³/mol. The fourth-order valence-corrected chi connectivity index (χ4v) is 2.87. The molecule has 1 N–H and O–H groups in total. The van der Waals surface area contributed by atoms with Crippen LogP contribution in [0.1, 0.15) is 10.7 Å². The van der Waals surface area contributed by atoms with E-state index >= 15 is 0 Å². The Balaban J connectivity index is 2.29. The number of hydrogen-bond donors (Lipinski definition) is 1. The second kappa shape index (κ2) is 6.64. The van der Waals surface area contributed by atoms with Crippen LogP contribution in [0.5, 0.6) is 0 Å². The average molecular weight is 262 g/mol. The summed E-state index contributed by atoms with van der Waals surface area (Å²) in [4.78, 5) is 5.95. The van der Waals surface area contributed by atoms with Gasteiger partial charge in [-0.15, -0.1) is 11.3 Å². The molecule has 0 fully saturated rings. The van der Waals surface area contributed by atoms with Gasteiger partial charge in [0.25, 0.3) is 0 Å². The van der Waals surface area contributed by atoms with Gasteiger partial charge in [0.1, 0.15) is 0 Å². The fourth-order valence-electron chi connectivity index (χ4n) is 1.80. The van der Waals surface area contributed by atoms with Crippen molar-refractivity contribution >= 4 is 11.3 Å². The highest BCUT2D eigenvalue weighted by Gasteiger charge is 2.11. The molecule has 2 aromatic rings. The van der Waals surface area contributed by atoms with Crippen LogP contribution in [0.4, 0.5) is 0 Å². The van der Waals surface area contributed by atoms with Gasteiger partial charge in [-0.05, 0) is 12.6 Å². The van der Waals surface area contributed by atoms with Gasteiger partial charge in [0.05, 0.1) is 22.2 Å². The van der Waals surface area contributed by atoms with Crippen LogP contribution in [-0.2, 0) is 17.7 Å². The highest BCUT2D eigenvalue weighted by Crippen LogP contribution is 2.30. The van der Waals surface area contributed by atoms with E-state index in [0.29, 0.717) is 0 Å². The summed E-state index contributed by atoms with van der Waals surface area (Å²) in [6, 6.07) is 10.4. The minimum atomic E-state index is 0.723. The molecule has 0 saturated carbocycles. The van der Waals surface area contributed by atoms with E-state index < -0.39 is 0 Å². The molecule has 2 rings (SSSR count). The second-order valence-corrected chi connectivity index (χ2v) is 5.11. The molecule has 1 heterocycles. The van der Waals surface area contributed by atoms with Gasteiger partial charge in [0.2, 0.25) is 0 Å². The molecule has 0 spiro atoms. The molecule has 3 nitrogen and oxygen atoms in total. The molecule has 18 heavy (non-hydrogen) atoms. The van der Waals surface area contributed by atoms with Crippen LogP contribution in [0.3, 0.4) is 0 Å². The van der Waals surface area contributed by atoms with E-state index in [4.69, 9.17) is 4.74 Å². The number of benzene rings is 1. The first kappa shape index (κ1) is 13.2. The number of aromatic nitrogens is 1. The maximum absolute atomic E-state index is 5.11. The lowest BCUT2D eigenvalue weighted by Gasteiger charge is -2.00. The molecule has 96 valence electrons. The van der Waals surface area contributed by atoms with E-state index in [1.807, 2.05) is 13.1 Å². The Morgan fingerprint density at radius 3 is 2.72 bits per heavy atom. The first-order chi connectivity index (χ1) is 8.85. The van der Waals surface area contributed by atoms with Crippen LogP contribution >= 0.6 is 11.3 Å². The third-order valence-corrected chi connectivity index (χ3v) is 3.85. The van der Waals surface area contributed by atoms with Crippen molar-refractivity contribution in [2.45, 2.75) is 13.0 Å². The Hall–Kier alpha value is -1.23. The first-order valence-corrected chi connectivity index (χ1v) is 6.84. The number of nitrogens with one attached hydrogen (secondary N) is 1. The quantitative estimate of drug-likeness (QED) is 0.869. The fraction of sp³-hybridized carbons (Fsp3) is 0.357. The van der Waals surface area contributed by atoms with Gasteiger partial charge in [-0.25, -0.2) is 4.98 Å². The molecule has 0 aliphatic carbocycles. The molecule has 0 atom stereocenters. The highest BCUT2D eigenvalue weighted by molar-refractivity contribution is 7.15. The van der Waals surface area contributed by atoms with Crippen molar-refractivity contribution in [2.24, 2.45) is 0 Å². The Labute approximate surface area is 112 Å². The molecule has 0 amide bonds. The smallest absolute Gasteiger partial charge is 0.0958 e. The third-order valence-electron chi connectivity index (χ3n) is 2.64. The molecule has 0 aliphatic rings. The van der Waals surface area contributed by atoms with Gasteiger partial charge in [0.15, 0.2) is 0 Å². The second-order valence-electron chi connectivity index (χ2n) is 4.02. The Kier molecular flexibility index (Phi) is 4.87. The topological polar surface area (TPSA) is 34.2 Å². The van der Waals surface area contributed by atoms with E-state index in [1.165, 1.54) is 10.4 Å². The molecule has 0 saturated heterocycles. The van der Waals surface area contributed by atoms with Crippen LogP contribution in [0, 0.1) is 0 Å². The van der Waals surface area contributed by atoms with Gasteiger partial charge in [-0.2, -0.15) is 0 Å². The lowest BCUT2D eigenvalue weighted by atomic mass is 10.1. The van der Waals surface area contributed by atoms with Crippen molar-refractivity contribution in [3.63, 3.8) is 0 Å². The van der Waals surface area contributed by atoms with Gasteiger partial charge >= 0.3 is 0 Å². The van der Waals surface area contributed by atoms with Gasteiger partial charge < -0.3 is 10.1 Å². The predicted octanol–water partition coefficient (Wildman–Crippen LogP) is 2.72. The van der Waals surface area contributed by atoms with Crippen molar-refractivity contribution < 1.29 is 4.74 Å². The van der Waals surface area contributed by atoms with Crippen molar-refractivity contribution in [1.82, 2.24) is 10.3 Å². The van der Waals surface area contributed by atoms with Crippen LogP contribution < -0.4 is 5.32 Å². The average Bonchev–Trinajstić information content (AvgIpc) is 2.81. The normalized spacial score (nSPS) is 10.8. The van der Waals surface area contributed by atoms with E-state index in [-0.39, 0.29) is 0 Å². The van der Waals surface area contributed by atoms with E-state index in [2.05, 4.69) is 34.6 Å². The van der Waals surface area contributed by atoms with Gasteiger partial charge in [-0.3, -0.25) is 0 Å². The SMILES string of the molecule is CNCc1nc(CCOC)sc1-c1ccccc1. The molecular formula is C14H18N2OS. The molecule has 1 aromatic heterocycles. The van der Waals surface area contributed by atoms with Crippen LogP contribution in [0.15, 0.2) is 30.3 Å². The van der Waals surface area contributed by atoms with Crippen molar-refractivity contribution in [3.05, 3.63) is 41.0 Å². The number of hydrogen-bond acceptors (Lipinski definition) is 4. The zero-order valence-electron chi connectivity index (χ0n) is 10.8. The van der Waals surface area contributed by atoms with E-state index in [1.54, 1.807) is 18.4 Å². The summed E-state index contributed by atoms with van der Waals surface area (Å²) in [7, 11) is 3.67. The third kappa shape index (κ3) is 3.16. The van der Waals surface area contributed by atoms with Crippen LogP contribution in [0.25, 0.3) is 10.4 Å². The Bertz CT molecular complexity index is 482. The van der Waals surface area contributed by atoms with Crippen molar-refractivity contribution in [1.29, 1.82) is 0 Å². The van der Waals surface area contributed by atoms with Gasteiger partial charge in [-0.1, -0.05) is 30.3 Å². The molecular weight excluding hydrogens is 244 g/mol. The number of thiazole rings is 1. The molecule has 0 bridgehead atoms. The van der Waals surface area contributed by atoms with E-state index in [0.717, 1.165) is 30.3 Å². The lowest BCUT2D eigenvalue weighted by molar-refractivity contribution is 0.202. The van der Waals surface area contributed by atoms with E-state index in [9.17, 15) is 0 Å². The summed E-state index contributed by atoms with van der Waals surface area (Å²) in [6.07, 6.45) is 0.880. The first-order valence-electron chi connectivity index (χ1n) is 6.02. The molecule has 0 aliphatic heterocycles. The summed E-state index contributed by atoms with van der Waals surface area (Å²) in [6.45, 7) is 1.52. The minimum Gasteiger partial charge on any atom is -0.384 e. The molecule has 4 heteroatoms. The lowest BCUT2D eigenvalue weighted by Crippen LogP contribution is -2.06. The zero-order chi connectivity index (χ0) is 12.8.